The largest absolute Gasteiger partial charge is 0.344 e. The van der Waals surface area contributed by atoms with E-state index < -0.39 is 0 Å². The molecule has 0 radical (unpaired) electrons. The van der Waals surface area contributed by atoms with Crippen molar-refractivity contribution in [2.75, 3.05) is 6.54 Å². The van der Waals surface area contributed by atoms with E-state index in [1.54, 1.807) is 0 Å². The molecule has 2 heterocycles. The van der Waals surface area contributed by atoms with Crippen molar-refractivity contribution in [3.63, 3.8) is 0 Å². The Bertz CT molecular complexity index is 407. The van der Waals surface area contributed by atoms with Crippen LogP contribution >= 0.6 is 0 Å². The Morgan fingerprint density at radius 2 is 2.20 bits per heavy atom. The molecule has 80 valence electrons. The zero-order chi connectivity index (χ0) is 10.7. The maximum atomic E-state index is 5.41. The standard InChI is InChI=1S/C10H14N4O/c1-8(14-6-2-3-7-14)10-12-9(4-5-11)15-13-10/h2-3,6-8H,4-5,11H2,1H3. The predicted octanol–water partition coefficient (Wildman–Crippen LogP) is 0.982. The van der Waals surface area contributed by atoms with Crippen molar-refractivity contribution in [3.05, 3.63) is 36.2 Å². The highest BCUT2D eigenvalue weighted by molar-refractivity contribution is 5.00. The van der Waals surface area contributed by atoms with Crippen LogP contribution in [-0.2, 0) is 6.42 Å². The average Bonchev–Trinajstić information content (AvgIpc) is 2.87. The lowest BCUT2D eigenvalue weighted by atomic mass is 10.3. The fraction of sp³-hybridized carbons (Fsp3) is 0.400. The van der Waals surface area contributed by atoms with Gasteiger partial charge in [-0.05, 0) is 19.1 Å². The van der Waals surface area contributed by atoms with Crippen LogP contribution in [0.3, 0.4) is 0 Å². The summed E-state index contributed by atoms with van der Waals surface area (Å²) >= 11 is 0. The Morgan fingerprint density at radius 1 is 1.47 bits per heavy atom. The molecule has 0 aliphatic heterocycles. The molecule has 2 rings (SSSR count). The highest BCUT2D eigenvalue weighted by atomic mass is 16.5. The maximum Gasteiger partial charge on any atom is 0.227 e. The molecule has 1 unspecified atom stereocenters. The van der Waals surface area contributed by atoms with E-state index in [4.69, 9.17) is 10.3 Å². The fourth-order valence-corrected chi connectivity index (χ4v) is 1.40. The van der Waals surface area contributed by atoms with Gasteiger partial charge in [0.05, 0.1) is 6.04 Å². The van der Waals surface area contributed by atoms with Crippen molar-refractivity contribution in [2.24, 2.45) is 5.73 Å². The first-order chi connectivity index (χ1) is 7.31. The van der Waals surface area contributed by atoms with E-state index in [0.29, 0.717) is 24.7 Å². The molecule has 0 aliphatic rings. The minimum atomic E-state index is 0.0928. The van der Waals surface area contributed by atoms with Gasteiger partial charge in [-0.3, -0.25) is 0 Å². The summed E-state index contributed by atoms with van der Waals surface area (Å²) in [5.74, 6) is 1.29. The van der Waals surface area contributed by atoms with E-state index in [9.17, 15) is 0 Å². The fourth-order valence-electron chi connectivity index (χ4n) is 1.40. The van der Waals surface area contributed by atoms with Gasteiger partial charge < -0.3 is 14.8 Å². The highest BCUT2D eigenvalue weighted by Crippen LogP contribution is 2.14. The van der Waals surface area contributed by atoms with Gasteiger partial charge in [-0.2, -0.15) is 4.98 Å². The van der Waals surface area contributed by atoms with Crippen LogP contribution in [0.2, 0.25) is 0 Å². The number of rotatable bonds is 4. The van der Waals surface area contributed by atoms with Gasteiger partial charge in [-0.15, -0.1) is 0 Å². The number of aromatic nitrogens is 3. The van der Waals surface area contributed by atoms with Gasteiger partial charge in [-0.1, -0.05) is 5.16 Å². The van der Waals surface area contributed by atoms with Crippen molar-refractivity contribution < 1.29 is 4.52 Å². The summed E-state index contributed by atoms with van der Waals surface area (Å²) in [4.78, 5) is 4.28. The quantitative estimate of drug-likeness (QED) is 0.809. The summed E-state index contributed by atoms with van der Waals surface area (Å²) in [6.45, 7) is 2.55. The third-order valence-corrected chi connectivity index (χ3v) is 2.29. The van der Waals surface area contributed by atoms with Crippen LogP contribution in [0.25, 0.3) is 0 Å². The van der Waals surface area contributed by atoms with Crippen molar-refractivity contribution in [1.29, 1.82) is 0 Å². The zero-order valence-electron chi connectivity index (χ0n) is 8.63. The Hall–Kier alpha value is -1.62. The predicted molar refractivity (Wildman–Crippen MR) is 55.3 cm³/mol. The van der Waals surface area contributed by atoms with Crippen LogP contribution in [0.15, 0.2) is 29.0 Å². The van der Waals surface area contributed by atoms with Gasteiger partial charge in [0.15, 0.2) is 5.82 Å². The molecule has 2 N–H and O–H groups in total. The highest BCUT2D eigenvalue weighted by Gasteiger charge is 2.13. The molecule has 5 heteroatoms. The lowest BCUT2D eigenvalue weighted by Crippen LogP contribution is -2.07. The first kappa shape index (κ1) is 9.92. The molecule has 0 amide bonds. The summed E-state index contributed by atoms with van der Waals surface area (Å²) in [5.41, 5.74) is 5.41. The third-order valence-electron chi connectivity index (χ3n) is 2.29. The molecule has 0 saturated carbocycles. The molecule has 15 heavy (non-hydrogen) atoms. The first-order valence-corrected chi connectivity index (χ1v) is 4.96. The van der Waals surface area contributed by atoms with Crippen LogP contribution in [0.1, 0.15) is 24.7 Å². The normalized spacial score (nSPS) is 12.9. The number of nitrogens with two attached hydrogens (primary N) is 1. The summed E-state index contributed by atoms with van der Waals surface area (Å²) in [7, 11) is 0. The summed E-state index contributed by atoms with van der Waals surface area (Å²) in [6, 6.07) is 4.03. The van der Waals surface area contributed by atoms with Gasteiger partial charge in [0.25, 0.3) is 0 Å². The molecule has 0 bridgehead atoms. The van der Waals surface area contributed by atoms with E-state index in [1.165, 1.54) is 0 Å². The van der Waals surface area contributed by atoms with Gasteiger partial charge in [0, 0.05) is 25.4 Å². The lowest BCUT2D eigenvalue weighted by Gasteiger charge is -2.07. The minimum absolute atomic E-state index is 0.0928. The van der Waals surface area contributed by atoms with E-state index in [-0.39, 0.29) is 6.04 Å². The van der Waals surface area contributed by atoms with E-state index in [0.717, 1.165) is 0 Å². The molecule has 2 aromatic rings. The Labute approximate surface area is 87.9 Å². The van der Waals surface area contributed by atoms with E-state index in [1.807, 2.05) is 36.0 Å². The minimum Gasteiger partial charge on any atom is -0.344 e. The van der Waals surface area contributed by atoms with Crippen molar-refractivity contribution in [3.8, 4) is 0 Å². The van der Waals surface area contributed by atoms with Crippen LogP contribution in [-0.4, -0.2) is 21.3 Å². The van der Waals surface area contributed by atoms with Crippen molar-refractivity contribution >= 4 is 0 Å². The molecular formula is C10H14N4O. The zero-order valence-corrected chi connectivity index (χ0v) is 8.63. The Balaban J connectivity index is 2.15. The summed E-state index contributed by atoms with van der Waals surface area (Å²) in [5, 5.41) is 3.93. The lowest BCUT2D eigenvalue weighted by molar-refractivity contribution is 0.369. The molecule has 0 fully saturated rings. The number of hydrogen-bond donors (Lipinski definition) is 1. The van der Waals surface area contributed by atoms with Crippen LogP contribution < -0.4 is 5.73 Å². The van der Waals surface area contributed by atoms with Crippen molar-refractivity contribution in [2.45, 2.75) is 19.4 Å². The maximum absolute atomic E-state index is 5.41. The molecule has 1 atom stereocenters. The second-order valence-corrected chi connectivity index (χ2v) is 3.39. The smallest absolute Gasteiger partial charge is 0.227 e. The Kier molecular flexibility index (Phi) is 2.82. The molecule has 0 spiro atoms. The van der Waals surface area contributed by atoms with E-state index >= 15 is 0 Å². The average molecular weight is 206 g/mol. The van der Waals surface area contributed by atoms with Crippen LogP contribution in [0, 0.1) is 0 Å². The topological polar surface area (TPSA) is 69.9 Å². The van der Waals surface area contributed by atoms with Gasteiger partial charge >= 0.3 is 0 Å². The molecule has 0 aliphatic carbocycles. The summed E-state index contributed by atoms with van der Waals surface area (Å²) < 4.78 is 7.09. The third kappa shape index (κ3) is 2.07. The second-order valence-electron chi connectivity index (χ2n) is 3.39. The van der Waals surface area contributed by atoms with Gasteiger partial charge in [-0.25, -0.2) is 0 Å². The second kappa shape index (κ2) is 4.27. The van der Waals surface area contributed by atoms with Gasteiger partial charge in [0.2, 0.25) is 5.89 Å². The van der Waals surface area contributed by atoms with Crippen LogP contribution in [0.5, 0.6) is 0 Å². The number of nitrogens with zero attached hydrogens (tertiary/aromatic N) is 3. The molecule has 2 aromatic heterocycles. The van der Waals surface area contributed by atoms with Crippen LogP contribution in [0.4, 0.5) is 0 Å². The monoisotopic (exact) mass is 206 g/mol. The summed E-state index contributed by atoms with van der Waals surface area (Å²) in [6.07, 6.45) is 4.58. The molecule has 0 saturated heterocycles. The van der Waals surface area contributed by atoms with Crippen molar-refractivity contribution in [1.82, 2.24) is 14.7 Å². The molecule has 0 aromatic carbocycles. The van der Waals surface area contributed by atoms with E-state index in [2.05, 4.69) is 10.1 Å². The Morgan fingerprint density at radius 3 is 2.87 bits per heavy atom. The molecule has 5 nitrogen and oxygen atoms in total. The number of hydrogen-bond acceptors (Lipinski definition) is 4. The van der Waals surface area contributed by atoms with Gasteiger partial charge in [0.1, 0.15) is 0 Å². The first-order valence-electron chi connectivity index (χ1n) is 4.96. The molecular weight excluding hydrogens is 192 g/mol. The SMILES string of the molecule is CC(c1noc(CCN)n1)n1cccc1.